The predicted octanol–water partition coefficient (Wildman–Crippen LogP) is 1.49. The zero-order valence-corrected chi connectivity index (χ0v) is 11.9. The van der Waals surface area contributed by atoms with Crippen LogP contribution in [0.2, 0.25) is 0 Å². The molecule has 1 saturated heterocycles. The smallest absolute Gasteiger partial charge is 0.133 e. The Morgan fingerprint density at radius 1 is 1.40 bits per heavy atom. The first-order valence-corrected chi connectivity index (χ1v) is 6.94. The SMILES string of the molecule is CC[C@@H]1COCCN1c1cc(-c2ccnn2C)ncn1. The molecule has 0 aliphatic carbocycles. The fourth-order valence-corrected chi connectivity index (χ4v) is 2.56. The fourth-order valence-electron chi connectivity index (χ4n) is 2.56. The van der Waals surface area contributed by atoms with Gasteiger partial charge in [-0.05, 0) is 12.5 Å². The van der Waals surface area contributed by atoms with E-state index in [1.54, 1.807) is 12.5 Å². The molecular weight excluding hydrogens is 254 g/mol. The van der Waals surface area contributed by atoms with Crippen LogP contribution in [0, 0.1) is 0 Å². The minimum atomic E-state index is 0.387. The van der Waals surface area contributed by atoms with Gasteiger partial charge in [0.15, 0.2) is 0 Å². The third-order valence-electron chi connectivity index (χ3n) is 3.73. The molecule has 0 radical (unpaired) electrons. The Kier molecular flexibility index (Phi) is 3.64. The zero-order chi connectivity index (χ0) is 13.9. The lowest BCUT2D eigenvalue weighted by Crippen LogP contribution is -2.45. The molecule has 6 heteroatoms. The maximum absolute atomic E-state index is 5.55. The van der Waals surface area contributed by atoms with Crippen LogP contribution >= 0.6 is 0 Å². The molecule has 106 valence electrons. The van der Waals surface area contributed by atoms with Crippen molar-refractivity contribution >= 4 is 5.82 Å². The summed E-state index contributed by atoms with van der Waals surface area (Å²) < 4.78 is 7.37. The van der Waals surface area contributed by atoms with E-state index >= 15 is 0 Å². The molecule has 2 aromatic rings. The van der Waals surface area contributed by atoms with Crippen LogP contribution in [0.4, 0.5) is 5.82 Å². The van der Waals surface area contributed by atoms with Gasteiger partial charge >= 0.3 is 0 Å². The number of aryl methyl sites for hydroxylation is 1. The Bertz CT molecular complexity index is 582. The van der Waals surface area contributed by atoms with Crippen LogP contribution in [-0.2, 0) is 11.8 Å². The molecule has 0 unspecified atom stereocenters. The number of hydrogen-bond donors (Lipinski definition) is 0. The first-order chi connectivity index (χ1) is 9.79. The summed E-state index contributed by atoms with van der Waals surface area (Å²) in [5, 5.41) is 4.19. The fraction of sp³-hybridized carbons (Fsp3) is 0.500. The van der Waals surface area contributed by atoms with E-state index in [2.05, 4.69) is 26.9 Å². The quantitative estimate of drug-likeness (QED) is 0.848. The average Bonchev–Trinajstić information content (AvgIpc) is 2.93. The molecule has 1 aliphatic rings. The van der Waals surface area contributed by atoms with Crippen molar-refractivity contribution in [3.63, 3.8) is 0 Å². The van der Waals surface area contributed by atoms with Gasteiger partial charge in [-0.25, -0.2) is 9.97 Å². The van der Waals surface area contributed by atoms with E-state index in [4.69, 9.17) is 4.74 Å². The van der Waals surface area contributed by atoms with Gasteiger partial charge in [-0.2, -0.15) is 5.10 Å². The predicted molar refractivity (Wildman–Crippen MR) is 76.5 cm³/mol. The summed E-state index contributed by atoms with van der Waals surface area (Å²) in [6.45, 7) is 4.57. The summed E-state index contributed by atoms with van der Waals surface area (Å²) in [4.78, 5) is 11.1. The largest absolute Gasteiger partial charge is 0.377 e. The second-order valence-electron chi connectivity index (χ2n) is 4.93. The lowest BCUT2D eigenvalue weighted by Gasteiger charge is -2.36. The molecule has 0 amide bonds. The van der Waals surface area contributed by atoms with Crippen molar-refractivity contribution in [3.05, 3.63) is 24.7 Å². The molecular formula is C14H19N5O. The highest BCUT2D eigenvalue weighted by atomic mass is 16.5. The average molecular weight is 273 g/mol. The first-order valence-electron chi connectivity index (χ1n) is 6.94. The van der Waals surface area contributed by atoms with Crippen molar-refractivity contribution in [2.45, 2.75) is 19.4 Å². The number of rotatable bonds is 3. The Morgan fingerprint density at radius 2 is 2.30 bits per heavy atom. The van der Waals surface area contributed by atoms with Crippen LogP contribution in [0.1, 0.15) is 13.3 Å². The minimum absolute atomic E-state index is 0.387. The van der Waals surface area contributed by atoms with Crippen molar-refractivity contribution in [3.8, 4) is 11.4 Å². The van der Waals surface area contributed by atoms with Gasteiger partial charge < -0.3 is 9.64 Å². The van der Waals surface area contributed by atoms with Gasteiger partial charge in [0.05, 0.1) is 30.6 Å². The van der Waals surface area contributed by atoms with Gasteiger partial charge in [0.2, 0.25) is 0 Å². The Balaban J connectivity index is 1.93. The Hall–Kier alpha value is -1.95. The number of aromatic nitrogens is 4. The third kappa shape index (κ3) is 2.38. The number of anilines is 1. The van der Waals surface area contributed by atoms with E-state index < -0.39 is 0 Å². The van der Waals surface area contributed by atoms with Crippen molar-refractivity contribution in [2.24, 2.45) is 7.05 Å². The van der Waals surface area contributed by atoms with E-state index in [0.29, 0.717) is 6.04 Å². The van der Waals surface area contributed by atoms with E-state index in [0.717, 1.165) is 43.4 Å². The standard InChI is InChI=1S/C14H19N5O/c1-3-11-9-20-7-6-19(11)14-8-12(15-10-16-14)13-4-5-17-18(13)2/h4-5,8,10-11H,3,6-7,9H2,1-2H3/t11-/m1/s1. The van der Waals surface area contributed by atoms with Gasteiger partial charge in [0.1, 0.15) is 12.1 Å². The molecule has 1 fully saturated rings. The van der Waals surface area contributed by atoms with Crippen LogP contribution in [0.5, 0.6) is 0 Å². The molecule has 3 rings (SSSR count). The molecule has 6 nitrogen and oxygen atoms in total. The van der Waals surface area contributed by atoms with Crippen molar-refractivity contribution in [2.75, 3.05) is 24.7 Å². The lowest BCUT2D eigenvalue weighted by molar-refractivity contribution is 0.0925. The molecule has 0 spiro atoms. The van der Waals surface area contributed by atoms with Crippen molar-refractivity contribution in [1.29, 1.82) is 0 Å². The molecule has 0 N–H and O–H groups in total. The lowest BCUT2D eigenvalue weighted by atomic mass is 10.1. The molecule has 0 aromatic carbocycles. The second-order valence-corrected chi connectivity index (χ2v) is 4.93. The monoisotopic (exact) mass is 273 g/mol. The summed E-state index contributed by atoms with van der Waals surface area (Å²) in [6.07, 6.45) is 4.45. The molecule has 1 atom stereocenters. The molecule has 0 saturated carbocycles. The molecule has 2 aromatic heterocycles. The Morgan fingerprint density at radius 3 is 3.05 bits per heavy atom. The highest BCUT2D eigenvalue weighted by Crippen LogP contribution is 2.23. The second kappa shape index (κ2) is 5.58. The Labute approximate surface area is 118 Å². The molecule has 20 heavy (non-hydrogen) atoms. The summed E-state index contributed by atoms with van der Waals surface area (Å²) in [5.74, 6) is 0.964. The van der Waals surface area contributed by atoms with Crippen LogP contribution in [0.15, 0.2) is 24.7 Å². The van der Waals surface area contributed by atoms with Crippen LogP contribution in [0.3, 0.4) is 0 Å². The van der Waals surface area contributed by atoms with Gasteiger partial charge in [-0.15, -0.1) is 0 Å². The van der Waals surface area contributed by atoms with Crippen molar-refractivity contribution in [1.82, 2.24) is 19.7 Å². The maximum atomic E-state index is 5.55. The normalized spacial score (nSPS) is 19.3. The summed E-state index contributed by atoms with van der Waals surface area (Å²) >= 11 is 0. The van der Waals surface area contributed by atoms with Crippen molar-refractivity contribution < 1.29 is 4.74 Å². The zero-order valence-electron chi connectivity index (χ0n) is 11.9. The van der Waals surface area contributed by atoms with E-state index in [-0.39, 0.29) is 0 Å². The minimum Gasteiger partial charge on any atom is -0.377 e. The number of ether oxygens (including phenoxy) is 1. The number of morpholine rings is 1. The van der Waals surface area contributed by atoms with E-state index in [1.165, 1.54) is 0 Å². The first kappa shape index (κ1) is 13.1. The molecule has 3 heterocycles. The third-order valence-corrected chi connectivity index (χ3v) is 3.73. The molecule has 0 bridgehead atoms. The summed E-state index contributed by atoms with van der Waals surface area (Å²) in [7, 11) is 1.92. The van der Waals surface area contributed by atoms with Crippen LogP contribution in [-0.4, -0.2) is 45.5 Å². The van der Waals surface area contributed by atoms with Gasteiger partial charge in [0, 0.05) is 25.9 Å². The highest BCUT2D eigenvalue weighted by molar-refractivity contribution is 5.59. The molecule has 1 aliphatic heterocycles. The maximum Gasteiger partial charge on any atom is 0.133 e. The van der Waals surface area contributed by atoms with Gasteiger partial charge in [-0.1, -0.05) is 6.92 Å². The topological polar surface area (TPSA) is 56.1 Å². The number of hydrogen-bond acceptors (Lipinski definition) is 5. The summed E-state index contributed by atoms with van der Waals surface area (Å²) in [5.41, 5.74) is 1.89. The summed E-state index contributed by atoms with van der Waals surface area (Å²) in [6, 6.07) is 4.38. The van der Waals surface area contributed by atoms with Crippen LogP contribution in [0.25, 0.3) is 11.4 Å². The van der Waals surface area contributed by atoms with E-state index in [9.17, 15) is 0 Å². The van der Waals surface area contributed by atoms with Gasteiger partial charge in [0.25, 0.3) is 0 Å². The van der Waals surface area contributed by atoms with E-state index in [1.807, 2.05) is 23.9 Å². The van der Waals surface area contributed by atoms with Crippen LogP contribution < -0.4 is 4.90 Å². The highest BCUT2D eigenvalue weighted by Gasteiger charge is 2.23. The number of nitrogens with zero attached hydrogens (tertiary/aromatic N) is 5. The van der Waals surface area contributed by atoms with Gasteiger partial charge in [-0.3, -0.25) is 4.68 Å².